The van der Waals surface area contributed by atoms with E-state index >= 15 is 0 Å². The van der Waals surface area contributed by atoms with Crippen LogP contribution in [0.3, 0.4) is 0 Å². The second-order valence-corrected chi connectivity index (χ2v) is 5.73. The van der Waals surface area contributed by atoms with Crippen LogP contribution in [0.4, 0.5) is 0 Å². The van der Waals surface area contributed by atoms with Gasteiger partial charge in [0, 0.05) is 37.1 Å². The Kier molecular flexibility index (Phi) is 4.14. The first-order valence-corrected chi connectivity index (χ1v) is 7.65. The lowest BCUT2D eigenvalue weighted by Gasteiger charge is -2.35. The minimum atomic E-state index is 0.574. The molecule has 0 bridgehead atoms. The number of fused-ring (bicyclic) bond motifs is 1. The smallest absolute Gasteiger partial charge is 0.0482 e. The van der Waals surface area contributed by atoms with E-state index in [-0.39, 0.29) is 0 Å². The fourth-order valence-corrected chi connectivity index (χ4v) is 3.74. The summed E-state index contributed by atoms with van der Waals surface area (Å²) in [7, 11) is 0. The summed E-state index contributed by atoms with van der Waals surface area (Å²) in [6, 6.07) is 4.89. The molecule has 1 aromatic rings. The average Bonchev–Trinajstić information content (AvgIpc) is 2.89. The third-order valence-corrected chi connectivity index (χ3v) is 4.65. The van der Waals surface area contributed by atoms with Gasteiger partial charge in [0.2, 0.25) is 0 Å². The van der Waals surface area contributed by atoms with Gasteiger partial charge in [0.15, 0.2) is 0 Å². The van der Waals surface area contributed by atoms with E-state index in [1.807, 2.05) is 6.20 Å². The molecule has 1 aliphatic carbocycles. The number of ether oxygens (including phenoxy) is 1. The molecule has 1 N–H and O–H groups in total. The lowest BCUT2D eigenvalue weighted by Crippen LogP contribution is -2.43. The lowest BCUT2D eigenvalue weighted by molar-refractivity contribution is 0.0498. The maximum absolute atomic E-state index is 5.52. The highest BCUT2D eigenvalue weighted by molar-refractivity contribution is 5.30. The number of aromatic nitrogens is 1. The molecule has 1 saturated heterocycles. The molecule has 2 heterocycles. The van der Waals surface area contributed by atoms with E-state index in [2.05, 4.69) is 29.4 Å². The van der Waals surface area contributed by atoms with Crippen molar-refractivity contribution >= 4 is 0 Å². The molecule has 3 rings (SSSR count). The SMILES string of the molecule is CCNC(C1CCOCC1)C1CCc2cccnc21. The largest absolute Gasteiger partial charge is 0.381 e. The number of nitrogens with zero attached hydrogens (tertiary/aromatic N) is 1. The molecule has 0 amide bonds. The molecule has 3 heteroatoms. The zero-order valence-electron chi connectivity index (χ0n) is 11.8. The third-order valence-electron chi connectivity index (χ3n) is 4.65. The zero-order valence-corrected chi connectivity index (χ0v) is 11.8. The number of likely N-dealkylation sites (N-methyl/N-ethyl adjacent to an activating group) is 1. The summed E-state index contributed by atoms with van der Waals surface area (Å²) in [5.74, 6) is 1.34. The third kappa shape index (κ3) is 2.67. The first kappa shape index (κ1) is 13.1. The summed E-state index contributed by atoms with van der Waals surface area (Å²) >= 11 is 0. The maximum Gasteiger partial charge on any atom is 0.0482 e. The van der Waals surface area contributed by atoms with E-state index in [1.165, 1.54) is 36.9 Å². The van der Waals surface area contributed by atoms with Crippen LogP contribution in [0, 0.1) is 5.92 Å². The van der Waals surface area contributed by atoms with Crippen LogP contribution in [0.1, 0.15) is 43.4 Å². The average molecular weight is 260 g/mol. The second kappa shape index (κ2) is 6.02. The van der Waals surface area contributed by atoms with Crippen molar-refractivity contribution in [3.8, 4) is 0 Å². The highest BCUT2D eigenvalue weighted by atomic mass is 16.5. The molecule has 2 atom stereocenters. The number of pyridine rings is 1. The molecule has 1 fully saturated rings. The van der Waals surface area contributed by atoms with Crippen LogP contribution in [-0.2, 0) is 11.2 Å². The lowest BCUT2D eigenvalue weighted by atomic mass is 9.82. The van der Waals surface area contributed by atoms with Crippen molar-refractivity contribution in [1.82, 2.24) is 10.3 Å². The van der Waals surface area contributed by atoms with Gasteiger partial charge >= 0.3 is 0 Å². The molecule has 3 nitrogen and oxygen atoms in total. The molecule has 104 valence electrons. The summed E-state index contributed by atoms with van der Waals surface area (Å²) < 4.78 is 5.52. The Morgan fingerprint density at radius 2 is 2.21 bits per heavy atom. The highest BCUT2D eigenvalue weighted by Gasteiger charge is 2.35. The van der Waals surface area contributed by atoms with Crippen LogP contribution in [0.15, 0.2) is 18.3 Å². The standard InChI is InChI=1S/C16H24N2O/c1-2-17-15(13-7-10-19-11-8-13)14-6-5-12-4-3-9-18-16(12)14/h3-4,9,13-15,17H,2,5-8,10-11H2,1H3. The predicted molar refractivity (Wildman–Crippen MR) is 76.3 cm³/mol. The van der Waals surface area contributed by atoms with Crippen LogP contribution < -0.4 is 5.32 Å². The van der Waals surface area contributed by atoms with Gasteiger partial charge in [-0.2, -0.15) is 0 Å². The summed E-state index contributed by atoms with van der Waals surface area (Å²) in [4.78, 5) is 4.67. The van der Waals surface area contributed by atoms with Crippen molar-refractivity contribution in [2.75, 3.05) is 19.8 Å². The number of aryl methyl sites for hydroxylation is 1. The normalized spacial score (nSPS) is 25.2. The number of hydrogen-bond acceptors (Lipinski definition) is 3. The second-order valence-electron chi connectivity index (χ2n) is 5.73. The molecular formula is C16H24N2O. The molecule has 0 aromatic carbocycles. The fraction of sp³-hybridized carbons (Fsp3) is 0.688. The van der Waals surface area contributed by atoms with Gasteiger partial charge in [-0.3, -0.25) is 4.98 Å². The van der Waals surface area contributed by atoms with Crippen LogP contribution in [-0.4, -0.2) is 30.8 Å². The van der Waals surface area contributed by atoms with Crippen molar-refractivity contribution in [2.45, 2.75) is 44.6 Å². The highest BCUT2D eigenvalue weighted by Crippen LogP contribution is 2.38. The van der Waals surface area contributed by atoms with Gasteiger partial charge in [-0.25, -0.2) is 0 Å². The first-order valence-electron chi connectivity index (χ1n) is 7.65. The Labute approximate surface area is 115 Å². The first-order chi connectivity index (χ1) is 9.40. The van der Waals surface area contributed by atoms with E-state index in [4.69, 9.17) is 4.74 Å². The summed E-state index contributed by atoms with van der Waals surface area (Å²) in [5.41, 5.74) is 2.81. The van der Waals surface area contributed by atoms with Crippen LogP contribution >= 0.6 is 0 Å². The number of rotatable bonds is 4. The van der Waals surface area contributed by atoms with Crippen LogP contribution in [0.2, 0.25) is 0 Å². The van der Waals surface area contributed by atoms with Crippen molar-refractivity contribution in [1.29, 1.82) is 0 Å². The predicted octanol–water partition coefficient (Wildman–Crippen LogP) is 2.52. The van der Waals surface area contributed by atoms with Gasteiger partial charge in [0.05, 0.1) is 0 Å². The molecule has 1 aromatic heterocycles. The monoisotopic (exact) mass is 260 g/mol. The van der Waals surface area contributed by atoms with Crippen molar-refractivity contribution < 1.29 is 4.74 Å². The van der Waals surface area contributed by atoms with E-state index < -0.39 is 0 Å². The minimum absolute atomic E-state index is 0.574. The van der Waals surface area contributed by atoms with E-state index in [1.54, 1.807) is 0 Å². The number of hydrogen-bond donors (Lipinski definition) is 1. The Hall–Kier alpha value is -0.930. The minimum Gasteiger partial charge on any atom is -0.381 e. The molecule has 2 aliphatic rings. The molecular weight excluding hydrogens is 236 g/mol. The van der Waals surface area contributed by atoms with Gasteiger partial charge in [-0.15, -0.1) is 0 Å². The van der Waals surface area contributed by atoms with E-state index in [0.717, 1.165) is 25.7 Å². The molecule has 0 spiro atoms. The van der Waals surface area contributed by atoms with Crippen LogP contribution in [0.25, 0.3) is 0 Å². The number of nitrogens with one attached hydrogen (secondary N) is 1. The molecule has 1 aliphatic heterocycles. The topological polar surface area (TPSA) is 34.1 Å². The quantitative estimate of drug-likeness (QED) is 0.903. The Morgan fingerprint density at radius 1 is 1.37 bits per heavy atom. The molecule has 19 heavy (non-hydrogen) atoms. The molecule has 0 radical (unpaired) electrons. The molecule has 0 saturated carbocycles. The molecule has 2 unspecified atom stereocenters. The summed E-state index contributed by atoms with van der Waals surface area (Å²) in [6.45, 7) is 5.10. The maximum atomic E-state index is 5.52. The fourth-order valence-electron chi connectivity index (χ4n) is 3.74. The van der Waals surface area contributed by atoms with E-state index in [9.17, 15) is 0 Å². The van der Waals surface area contributed by atoms with Gasteiger partial charge in [0.25, 0.3) is 0 Å². The van der Waals surface area contributed by atoms with E-state index in [0.29, 0.717) is 12.0 Å². The van der Waals surface area contributed by atoms with Gasteiger partial charge in [-0.1, -0.05) is 13.0 Å². The van der Waals surface area contributed by atoms with Crippen molar-refractivity contribution in [2.24, 2.45) is 5.92 Å². The van der Waals surface area contributed by atoms with Gasteiger partial charge < -0.3 is 10.1 Å². The zero-order chi connectivity index (χ0) is 13.1. The summed E-state index contributed by atoms with van der Waals surface area (Å²) in [6.07, 6.45) is 6.77. The Morgan fingerprint density at radius 3 is 3.00 bits per heavy atom. The Balaban J connectivity index is 1.80. The Bertz CT molecular complexity index is 415. The van der Waals surface area contributed by atoms with Crippen molar-refractivity contribution in [3.05, 3.63) is 29.6 Å². The van der Waals surface area contributed by atoms with Crippen LogP contribution in [0.5, 0.6) is 0 Å². The summed E-state index contributed by atoms with van der Waals surface area (Å²) in [5, 5.41) is 3.74. The van der Waals surface area contributed by atoms with Crippen molar-refractivity contribution in [3.63, 3.8) is 0 Å². The van der Waals surface area contributed by atoms with Gasteiger partial charge in [-0.05, 0) is 49.8 Å². The van der Waals surface area contributed by atoms with Gasteiger partial charge in [0.1, 0.15) is 0 Å².